The Kier molecular flexibility index (Phi) is 5.06. The molecule has 0 saturated heterocycles. The molecule has 1 rings (SSSR count). The number of rotatable bonds is 5. The Balaban J connectivity index is 3.26. The Morgan fingerprint density at radius 1 is 1.37 bits per heavy atom. The van der Waals surface area contributed by atoms with Gasteiger partial charge in [0.15, 0.2) is 0 Å². The largest absolute Gasteiger partial charge is 0.392 e. The molecule has 0 spiro atoms. The molecule has 0 fully saturated rings. The Labute approximate surface area is 113 Å². The molecule has 1 aromatic rings. The SMILES string of the molecule is Cc1cc(S(=O)(=O)N(C)CC(C)C)cc(CO)c1F. The maximum Gasteiger partial charge on any atom is 0.242 e. The first-order valence-electron chi connectivity index (χ1n) is 6.06. The summed E-state index contributed by atoms with van der Waals surface area (Å²) in [7, 11) is -2.16. The normalized spacial score (nSPS) is 12.4. The van der Waals surface area contributed by atoms with Crippen molar-refractivity contribution >= 4 is 10.0 Å². The summed E-state index contributed by atoms with van der Waals surface area (Å²) in [4.78, 5) is 0.0126. The average Bonchev–Trinajstić information content (AvgIpc) is 2.31. The second kappa shape index (κ2) is 5.98. The van der Waals surface area contributed by atoms with E-state index in [2.05, 4.69) is 0 Å². The summed E-state index contributed by atoms with van der Waals surface area (Å²) in [5.41, 5.74) is 0.208. The maximum atomic E-state index is 13.6. The average molecular weight is 289 g/mol. The molecule has 0 amide bonds. The van der Waals surface area contributed by atoms with Crippen molar-refractivity contribution in [2.45, 2.75) is 32.3 Å². The minimum absolute atomic E-state index is 0.00322. The van der Waals surface area contributed by atoms with Crippen molar-refractivity contribution in [3.63, 3.8) is 0 Å². The van der Waals surface area contributed by atoms with Crippen LogP contribution in [0.15, 0.2) is 17.0 Å². The van der Waals surface area contributed by atoms with E-state index >= 15 is 0 Å². The molecular weight excluding hydrogens is 269 g/mol. The van der Waals surface area contributed by atoms with E-state index in [0.29, 0.717) is 6.54 Å². The van der Waals surface area contributed by atoms with Crippen molar-refractivity contribution in [3.8, 4) is 0 Å². The summed E-state index contributed by atoms with van der Waals surface area (Å²) >= 11 is 0. The van der Waals surface area contributed by atoms with Crippen molar-refractivity contribution in [2.75, 3.05) is 13.6 Å². The van der Waals surface area contributed by atoms with Crippen molar-refractivity contribution in [3.05, 3.63) is 29.1 Å². The van der Waals surface area contributed by atoms with Gasteiger partial charge in [-0.05, 0) is 30.5 Å². The van der Waals surface area contributed by atoms with Crippen molar-refractivity contribution in [1.82, 2.24) is 4.31 Å². The highest BCUT2D eigenvalue weighted by Gasteiger charge is 2.23. The monoisotopic (exact) mass is 289 g/mol. The minimum Gasteiger partial charge on any atom is -0.392 e. The second-order valence-corrected chi connectivity index (χ2v) is 7.10. The number of aliphatic hydroxyl groups excluding tert-OH is 1. The van der Waals surface area contributed by atoms with Gasteiger partial charge in [-0.2, -0.15) is 0 Å². The first-order valence-corrected chi connectivity index (χ1v) is 7.50. The fourth-order valence-corrected chi connectivity index (χ4v) is 3.33. The molecule has 0 aliphatic heterocycles. The van der Waals surface area contributed by atoms with Gasteiger partial charge in [-0.25, -0.2) is 17.1 Å². The number of hydrogen-bond acceptors (Lipinski definition) is 3. The molecule has 0 aliphatic carbocycles. The lowest BCUT2D eigenvalue weighted by atomic mass is 10.1. The molecule has 0 heterocycles. The van der Waals surface area contributed by atoms with Crippen LogP contribution < -0.4 is 0 Å². The summed E-state index contributed by atoms with van der Waals surface area (Å²) in [6, 6.07) is 2.48. The smallest absolute Gasteiger partial charge is 0.242 e. The number of nitrogens with zero attached hydrogens (tertiary/aromatic N) is 1. The number of aryl methyl sites for hydroxylation is 1. The maximum absolute atomic E-state index is 13.6. The molecule has 0 aliphatic rings. The van der Waals surface area contributed by atoms with Crippen LogP contribution in [0, 0.1) is 18.7 Å². The first kappa shape index (κ1) is 16.1. The van der Waals surface area contributed by atoms with Crippen LogP contribution in [-0.2, 0) is 16.6 Å². The molecule has 0 aromatic heterocycles. The molecule has 0 bridgehead atoms. The summed E-state index contributed by atoms with van der Waals surface area (Å²) in [5, 5.41) is 9.07. The zero-order valence-corrected chi connectivity index (χ0v) is 12.5. The van der Waals surface area contributed by atoms with Crippen molar-refractivity contribution in [1.29, 1.82) is 0 Å². The van der Waals surface area contributed by atoms with E-state index in [-0.39, 0.29) is 21.9 Å². The van der Waals surface area contributed by atoms with Crippen LogP contribution in [0.1, 0.15) is 25.0 Å². The van der Waals surface area contributed by atoms with Crippen LogP contribution in [0.3, 0.4) is 0 Å². The third kappa shape index (κ3) is 3.52. The highest BCUT2D eigenvalue weighted by Crippen LogP contribution is 2.22. The van der Waals surface area contributed by atoms with Crippen LogP contribution in [-0.4, -0.2) is 31.4 Å². The van der Waals surface area contributed by atoms with Gasteiger partial charge in [-0.3, -0.25) is 0 Å². The number of sulfonamides is 1. The Morgan fingerprint density at radius 3 is 2.42 bits per heavy atom. The topological polar surface area (TPSA) is 57.6 Å². The third-order valence-corrected chi connectivity index (χ3v) is 4.61. The molecule has 6 heteroatoms. The third-order valence-electron chi connectivity index (χ3n) is 2.80. The first-order chi connectivity index (χ1) is 8.70. The lowest BCUT2D eigenvalue weighted by Crippen LogP contribution is -2.30. The molecule has 0 radical (unpaired) electrons. The summed E-state index contributed by atoms with van der Waals surface area (Å²) < 4.78 is 39.5. The van der Waals surface area contributed by atoms with Crippen molar-refractivity contribution in [2.24, 2.45) is 5.92 Å². The van der Waals surface area contributed by atoms with Crippen LogP contribution >= 0.6 is 0 Å². The van der Waals surface area contributed by atoms with Crippen LogP contribution in [0.4, 0.5) is 4.39 Å². The van der Waals surface area contributed by atoms with Gasteiger partial charge in [0, 0.05) is 19.2 Å². The lowest BCUT2D eigenvalue weighted by Gasteiger charge is -2.20. The Morgan fingerprint density at radius 2 is 1.95 bits per heavy atom. The van der Waals surface area contributed by atoms with E-state index in [0.717, 1.165) is 0 Å². The summed E-state index contributed by atoms with van der Waals surface area (Å²) in [6.07, 6.45) is 0. The zero-order chi connectivity index (χ0) is 14.8. The Hall–Kier alpha value is -0.980. The van der Waals surface area contributed by atoms with Crippen molar-refractivity contribution < 1.29 is 17.9 Å². The molecule has 108 valence electrons. The van der Waals surface area contributed by atoms with Gasteiger partial charge in [-0.1, -0.05) is 13.8 Å². The highest BCUT2D eigenvalue weighted by molar-refractivity contribution is 7.89. The van der Waals surface area contributed by atoms with Crippen LogP contribution in [0.5, 0.6) is 0 Å². The zero-order valence-electron chi connectivity index (χ0n) is 11.6. The highest BCUT2D eigenvalue weighted by atomic mass is 32.2. The van der Waals surface area contributed by atoms with E-state index in [1.54, 1.807) is 0 Å². The van der Waals surface area contributed by atoms with E-state index in [1.165, 1.54) is 30.4 Å². The van der Waals surface area contributed by atoms with Gasteiger partial charge < -0.3 is 5.11 Å². The van der Waals surface area contributed by atoms with Gasteiger partial charge >= 0.3 is 0 Å². The summed E-state index contributed by atoms with van der Waals surface area (Å²) in [6.45, 7) is 5.18. The molecule has 0 unspecified atom stereocenters. The van der Waals surface area contributed by atoms with Gasteiger partial charge in [0.1, 0.15) is 5.82 Å². The number of aliphatic hydroxyl groups is 1. The number of halogens is 1. The van der Waals surface area contributed by atoms with Gasteiger partial charge in [0.05, 0.1) is 11.5 Å². The number of benzene rings is 1. The summed E-state index contributed by atoms with van der Waals surface area (Å²) in [5.74, 6) is -0.369. The lowest BCUT2D eigenvalue weighted by molar-refractivity contribution is 0.275. The van der Waals surface area contributed by atoms with Crippen LogP contribution in [0.2, 0.25) is 0 Å². The standard InChI is InChI=1S/C13H20FNO3S/c1-9(2)7-15(4)19(17,18)12-5-10(3)13(14)11(6-12)8-16/h5-6,9,16H,7-8H2,1-4H3. The fraction of sp³-hybridized carbons (Fsp3) is 0.538. The molecule has 1 aromatic carbocycles. The van der Waals surface area contributed by atoms with Gasteiger partial charge in [-0.15, -0.1) is 0 Å². The van der Waals surface area contributed by atoms with Gasteiger partial charge in [0.2, 0.25) is 10.0 Å². The minimum atomic E-state index is -3.65. The van der Waals surface area contributed by atoms with E-state index in [9.17, 15) is 12.8 Å². The Bertz CT molecular complexity index is 555. The second-order valence-electron chi connectivity index (χ2n) is 5.05. The van der Waals surface area contributed by atoms with E-state index in [4.69, 9.17) is 5.11 Å². The molecule has 0 saturated carbocycles. The molecule has 4 nitrogen and oxygen atoms in total. The molecule has 19 heavy (non-hydrogen) atoms. The predicted octanol–water partition coefficient (Wildman–Crippen LogP) is 1.90. The van der Waals surface area contributed by atoms with E-state index < -0.39 is 22.4 Å². The van der Waals surface area contributed by atoms with Crippen LogP contribution in [0.25, 0.3) is 0 Å². The molecular formula is C13H20FNO3S. The molecule has 1 N–H and O–H groups in total. The van der Waals surface area contributed by atoms with Gasteiger partial charge in [0.25, 0.3) is 0 Å². The van der Waals surface area contributed by atoms with E-state index in [1.807, 2.05) is 13.8 Å². The predicted molar refractivity (Wildman–Crippen MR) is 71.7 cm³/mol. The quantitative estimate of drug-likeness (QED) is 0.900. The fourth-order valence-electron chi connectivity index (χ4n) is 1.86. The number of hydrogen-bond donors (Lipinski definition) is 1. The molecule has 0 atom stereocenters.